The number of carbonyl (C=O) groups excluding carboxylic acids is 1. The van der Waals surface area contributed by atoms with Crippen LogP contribution in [0.2, 0.25) is 0 Å². The van der Waals surface area contributed by atoms with Gasteiger partial charge >= 0.3 is 5.97 Å². The Morgan fingerprint density at radius 3 is 2.81 bits per heavy atom. The monoisotopic (exact) mass is 499 g/mol. The summed E-state index contributed by atoms with van der Waals surface area (Å²) in [4.78, 5) is 26.0. The summed E-state index contributed by atoms with van der Waals surface area (Å²) in [5.41, 5.74) is 1.10. The molecule has 1 saturated heterocycles. The van der Waals surface area contributed by atoms with Crippen LogP contribution in [-0.2, 0) is 9.47 Å². The van der Waals surface area contributed by atoms with E-state index in [0.29, 0.717) is 22.9 Å². The zero-order valence-corrected chi connectivity index (χ0v) is 19.8. The number of esters is 1. The topological polar surface area (TPSA) is 170 Å². The minimum absolute atomic E-state index is 0.192. The third-order valence-electron chi connectivity index (χ3n) is 7.56. The number of rotatable bonds is 7. The van der Waals surface area contributed by atoms with Crippen LogP contribution in [0.3, 0.4) is 0 Å². The van der Waals surface area contributed by atoms with E-state index >= 15 is 0 Å². The Bertz CT molecular complexity index is 1280. The maximum absolute atomic E-state index is 12.2. The van der Waals surface area contributed by atoms with Crippen LogP contribution in [0.25, 0.3) is 17.1 Å². The molecule has 4 unspecified atom stereocenters. The van der Waals surface area contributed by atoms with Gasteiger partial charge in [0.2, 0.25) is 0 Å². The molecule has 13 heteroatoms. The molecule has 3 aliphatic rings. The molecular formula is C23H29N7O6. The molecule has 192 valence electrons. The zero-order chi connectivity index (χ0) is 25.0. The highest BCUT2D eigenvalue weighted by molar-refractivity contribution is 5.89. The van der Waals surface area contributed by atoms with Gasteiger partial charge in [-0.25, -0.2) is 14.5 Å². The van der Waals surface area contributed by atoms with Gasteiger partial charge in [-0.1, -0.05) is 6.42 Å². The lowest BCUT2D eigenvalue weighted by atomic mass is 9.95. The molecule has 2 aliphatic carbocycles. The van der Waals surface area contributed by atoms with Crippen LogP contribution in [0.15, 0.2) is 18.7 Å². The summed E-state index contributed by atoms with van der Waals surface area (Å²) in [5.74, 6) is 1.51. The highest BCUT2D eigenvalue weighted by atomic mass is 16.6. The van der Waals surface area contributed by atoms with Gasteiger partial charge in [0.25, 0.3) is 5.95 Å². The van der Waals surface area contributed by atoms with Crippen LogP contribution in [0.5, 0.6) is 0 Å². The van der Waals surface area contributed by atoms with Crippen LogP contribution in [0.1, 0.15) is 49.2 Å². The molecule has 2 bridgehead atoms. The van der Waals surface area contributed by atoms with Gasteiger partial charge in [0.05, 0.1) is 31.3 Å². The van der Waals surface area contributed by atoms with Gasteiger partial charge < -0.3 is 30.1 Å². The fourth-order valence-electron chi connectivity index (χ4n) is 5.75. The first-order valence-electron chi connectivity index (χ1n) is 12.3. The van der Waals surface area contributed by atoms with E-state index in [2.05, 4.69) is 20.4 Å². The number of hydrogen-bond donors (Lipinski definition) is 4. The summed E-state index contributed by atoms with van der Waals surface area (Å²) in [6, 6.07) is 0.265. The molecule has 6 rings (SSSR count). The SMILES string of the molecule is CCOC(=O)c1cnn(-c2nc(NC3CC4CCC3C4)c3ncn(C4O[C@H](CO)[C@@H](O)[C@H]4O)c3n2)c1. The fourth-order valence-corrected chi connectivity index (χ4v) is 5.75. The van der Waals surface area contributed by atoms with E-state index in [1.807, 2.05) is 0 Å². The second-order valence-corrected chi connectivity index (χ2v) is 9.74. The molecule has 3 aromatic heterocycles. The Morgan fingerprint density at radius 2 is 2.11 bits per heavy atom. The molecule has 3 fully saturated rings. The standard InChI is InChI=1S/C23H29N7O6/c1-2-35-22(34)13-7-25-30(8-13)23-27-19(26-14-6-11-3-4-12(14)5-11)16-20(28-23)29(10-24-16)21-18(33)17(32)15(9-31)36-21/h7-8,10-12,14-15,17-18,21,31-33H,2-6,9H2,1H3,(H,26,27,28)/t11?,12?,14?,15-,17-,18-,21?/m1/s1. The lowest BCUT2D eigenvalue weighted by Gasteiger charge is -2.23. The highest BCUT2D eigenvalue weighted by Crippen LogP contribution is 2.46. The maximum atomic E-state index is 12.2. The number of imidazole rings is 1. The molecule has 1 aliphatic heterocycles. The number of aliphatic hydroxyl groups is 3. The smallest absolute Gasteiger partial charge is 0.341 e. The van der Waals surface area contributed by atoms with E-state index in [1.165, 1.54) is 47.2 Å². The number of anilines is 1. The summed E-state index contributed by atoms with van der Waals surface area (Å²) >= 11 is 0. The Balaban J connectivity index is 1.41. The van der Waals surface area contributed by atoms with Crippen molar-refractivity contribution in [3.63, 3.8) is 0 Å². The van der Waals surface area contributed by atoms with Crippen molar-refractivity contribution >= 4 is 23.0 Å². The van der Waals surface area contributed by atoms with Crippen molar-refractivity contribution in [1.82, 2.24) is 29.3 Å². The average molecular weight is 500 g/mol. The lowest BCUT2D eigenvalue weighted by Crippen LogP contribution is -2.33. The van der Waals surface area contributed by atoms with Crippen molar-refractivity contribution in [1.29, 1.82) is 0 Å². The van der Waals surface area contributed by atoms with E-state index in [1.54, 1.807) is 6.92 Å². The van der Waals surface area contributed by atoms with Crippen LogP contribution in [-0.4, -0.2) is 88.2 Å². The second-order valence-electron chi connectivity index (χ2n) is 9.74. The third-order valence-corrected chi connectivity index (χ3v) is 7.56. The second kappa shape index (κ2) is 9.07. The molecule has 36 heavy (non-hydrogen) atoms. The van der Waals surface area contributed by atoms with Crippen LogP contribution < -0.4 is 5.32 Å². The molecule has 0 aromatic carbocycles. The van der Waals surface area contributed by atoms with Gasteiger partial charge in [0, 0.05) is 12.2 Å². The number of hydrogen-bond acceptors (Lipinski definition) is 11. The summed E-state index contributed by atoms with van der Waals surface area (Å²) in [6.45, 7) is 1.53. The molecule has 13 nitrogen and oxygen atoms in total. The fraction of sp³-hybridized carbons (Fsp3) is 0.609. The predicted octanol–water partition coefficient (Wildman–Crippen LogP) is 0.401. The Kier molecular flexibility index (Phi) is 5.86. The van der Waals surface area contributed by atoms with Crippen LogP contribution in [0.4, 0.5) is 5.82 Å². The van der Waals surface area contributed by atoms with Crippen molar-refractivity contribution in [2.45, 2.75) is 63.2 Å². The number of aliphatic hydroxyl groups excluding tert-OH is 3. The zero-order valence-electron chi connectivity index (χ0n) is 19.8. The first-order chi connectivity index (χ1) is 17.5. The number of aromatic nitrogens is 6. The molecule has 7 atom stereocenters. The minimum atomic E-state index is -1.29. The van der Waals surface area contributed by atoms with Crippen molar-refractivity contribution in [2.75, 3.05) is 18.5 Å². The van der Waals surface area contributed by atoms with Gasteiger partial charge in [0.15, 0.2) is 23.2 Å². The first-order valence-corrected chi connectivity index (χ1v) is 12.3. The maximum Gasteiger partial charge on any atom is 0.341 e. The van der Waals surface area contributed by atoms with Crippen LogP contribution >= 0.6 is 0 Å². The predicted molar refractivity (Wildman–Crippen MR) is 124 cm³/mol. The van der Waals surface area contributed by atoms with E-state index in [0.717, 1.165) is 12.3 Å². The average Bonchev–Trinajstić information content (AvgIpc) is 3.69. The molecule has 2 saturated carbocycles. The molecule has 0 radical (unpaired) electrons. The van der Waals surface area contributed by atoms with Gasteiger partial charge in [-0.05, 0) is 38.0 Å². The van der Waals surface area contributed by atoms with E-state index in [4.69, 9.17) is 14.5 Å². The summed E-state index contributed by atoms with van der Waals surface area (Å²) < 4.78 is 13.7. The molecular weight excluding hydrogens is 470 g/mol. The molecule has 0 spiro atoms. The number of nitrogens with zero attached hydrogens (tertiary/aromatic N) is 6. The number of fused-ring (bicyclic) bond motifs is 3. The third kappa shape index (κ3) is 3.82. The van der Waals surface area contributed by atoms with Crippen molar-refractivity contribution in [3.05, 3.63) is 24.3 Å². The van der Waals surface area contributed by atoms with Gasteiger partial charge in [-0.2, -0.15) is 15.1 Å². The van der Waals surface area contributed by atoms with Crippen LogP contribution in [0, 0.1) is 11.8 Å². The summed E-state index contributed by atoms with van der Waals surface area (Å²) in [7, 11) is 0. The quantitative estimate of drug-likeness (QED) is 0.332. The molecule has 3 aromatic rings. The van der Waals surface area contributed by atoms with E-state index in [9.17, 15) is 20.1 Å². The Hall–Kier alpha value is -3.13. The Labute approximate surface area is 206 Å². The summed E-state index contributed by atoms with van der Waals surface area (Å²) in [6.07, 6.45) is 4.58. The highest BCUT2D eigenvalue weighted by Gasteiger charge is 2.44. The van der Waals surface area contributed by atoms with Gasteiger partial charge in [0.1, 0.15) is 18.3 Å². The normalized spacial score (nSPS) is 31.4. The largest absolute Gasteiger partial charge is 0.462 e. The molecule has 4 heterocycles. The van der Waals surface area contributed by atoms with E-state index < -0.39 is 37.1 Å². The van der Waals surface area contributed by atoms with Crippen molar-refractivity contribution in [3.8, 4) is 5.95 Å². The Morgan fingerprint density at radius 1 is 1.25 bits per heavy atom. The van der Waals surface area contributed by atoms with E-state index in [-0.39, 0.29) is 24.2 Å². The summed E-state index contributed by atoms with van der Waals surface area (Å²) in [5, 5.41) is 38.2. The first kappa shape index (κ1) is 23.3. The van der Waals surface area contributed by atoms with Crippen molar-refractivity contribution in [2.24, 2.45) is 11.8 Å². The van der Waals surface area contributed by atoms with Gasteiger partial charge in [-0.3, -0.25) is 4.57 Å². The molecule has 4 N–H and O–H groups in total. The number of carbonyl (C=O) groups is 1. The number of ether oxygens (including phenoxy) is 2. The van der Waals surface area contributed by atoms with Crippen molar-refractivity contribution < 1.29 is 29.6 Å². The van der Waals surface area contributed by atoms with Gasteiger partial charge in [-0.15, -0.1) is 0 Å². The minimum Gasteiger partial charge on any atom is -0.462 e. The molecule has 0 amide bonds. The lowest BCUT2D eigenvalue weighted by molar-refractivity contribution is -0.0511. The number of nitrogens with one attached hydrogen (secondary N) is 1.